The molecular weight excluding hydrogens is 364 g/mol. The third kappa shape index (κ3) is 2.85. The van der Waals surface area contributed by atoms with Crippen LogP contribution in [0.2, 0.25) is 5.02 Å². The van der Waals surface area contributed by atoms with Crippen LogP contribution in [0.25, 0.3) is 17.1 Å². The molecule has 0 bridgehead atoms. The van der Waals surface area contributed by atoms with Crippen molar-refractivity contribution in [1.29, 1.82) is 0 Å². The van der Waals surface area contributed by atoms with E-state index in [9.17, 15) is 0 Å². The lowest BCUT2D eigenvalue weighted by molar-refractivity contribution is 0.793. The van der Waals surface area contributed by atoms with Gasteiger partial charge in [0.25, 0.3) is 0 Å². The first kappa shape index (κ1) is 15.7. The third-order valence-electron chi connectivity index (χ3n) is 4.22. The van der Waals surface area contributed by atoms with Gasteiger partial charge in [0.15, 0.2) is 5.82 Å². The minimum Gasteiger partial charge on any atom is -0.350 e. The van der Waals surface area contributed by atoms with Crippen molar-refractivity contribution in [3.63, 3.8) is 0 Å². The molecule has 3 heterocycles. The highest BCUT2D eigenvalue weighted by Crippen LogP contribution is 2.35. The highest BCUT2D eigenvalue weighted by molar-refractivity contribution is 6.30. The second kappa shape index (κ2) is 6.33. The van der Waals surface area contributed by atoms with Gasteiger partial charge in [-0.25, -0.2) is 4.98 Å². The van der Waals surface area contributed by atoms with Crippen molar-refractivity contribution in [2.45, 2.75) is 6.54 Å². The number of nitrogens with zero attached hydrogens (tertiary/aromatic N) is 6. The summed E-state index contributed by atoms with van der Waals surface area (Å²) in [6.07, 6.45) is 1.71. The lowest BCUT2D eigenvalue weighted by atomic mass is 10.2. The van der Waals surface area contributed by atoms with Gasteiger partial charge in [-0.1, -0.05) is 35.9 Å². The molecule has 0 radical (unpaired) electrons. The van der Waals surface area contributed by atoms with Crippen molar-refractivity contribution in [2.75, 3.05) is 10.6 Å². The number of para-hydroxylation sites is 2. The molecule has 1 aliphatic heterocycles. The number of hydrogen-bond donors (Lipinski definition) is 2. The Hall–Kier alpha value is -3.52. The van der Waals surface area contributed by atoms with Gasteiger partial charge in [0.2, 0.25) is 5.95 Å². The molecule has 5 rings (SSSR count). The Balaban J connectivity index is 1.50. The predicted octanol–water partition coefficient (Wildman–Crippen LogP) is 3.44. The average Bonchev–Trinajstić information content (AvgIpc) is 3.12. The quantitative estimate of drug-likeness (QED) is 0.498. The standard InChI is InChI=1S/C18H13ClN8/c19-12-5-3-4-11(8-12)9-20-18-21-10-13-16(23-18)22-14-6-1-2-7-15(14)27-17(13)24-25-26-27/h1-8,10H,9H2,(H2,20,21,22,23). The van der Waals surface area contributed by atoms with Gasteiger partial charge in [-0.3, -0.25) is 0 Å². The van der Waals surface area contributed by atoms with Crippen molar-refractivity contribution in [2.24, 2.45) is 0 Å². The van der Waals surface area contributed by atoms with Crippen molar-refractivity contribution < 1.29 is 0 Å². The second-order valence-corrected chi connectivity index (χ2v) is 6.43. The van der Waals surface area contributed by atoms with Gasteiger partial charge in [0.1, 0.15) is 5.82 Å². The number of hydrogen-bond acceptors (Lipinski definition) is 7. The molecule has 27 heavy (non-hydrogen) atoms. The smallest absolute Gasteiger partial charge is 0.224 e. The highest BCUT2D eigenvalue weighted by atomic mass is 35.5. The minimum absolute atomic E-state index is 0.500. The number of aromatic nitrogens is 6. The molecule has 0 saturated carbocycles. The Bertz CT molecular complexity index is 1140. The number of halogens is 1. The molecule has 0 saturated heterocycles. The van der Waals surface area contributed by atoms with Crippen LogP contribution in [-0.4, -0.2) is 30.2 Å². The first-order valence-electron chi connectivity index (χ1n) is 8.28. The van der Waals surface area contributed by atoms with Crippen LogP contribution in [0, 0.1) is 0 Å². The summed E-state index contributed by atoms with van der Waals surface area (Å²) < 4.78 is 1.68. The molecule has 0 amide bonds. The number of benzene rings is 2. The van der Waals surface area contributed by atoms with Crippen LogP contribution in [0.1, 0.15) is 5.56 Å². The Kier molecular flexibility index (Phi) is 3.68. The van der Waals surface area contributed by atoms with Crippen LogP contribution in [-0.2, 0) is 6.54 Å². The average molecular weight is 377 g/mol. The molecule has 0 atom stereocenters. The fourth-order valence-corrected chi connectivity index (χ4v) is 3.18. The number of rotatable bonds is 3. The maximum Gasteiger partial charge on any atom is 0.224 e. The van der Waals surface area contributed by atoms with Crippen molar-refractivity contribution >= 4 is 29.1 Å². The van der Waals surface area contributed by atoms with E-state index in [0.29, 0.717) is 29.2 Å². The van der Waals surface area contributed by atoms with Gasteiger partial charge >= 0.3 is 0 Å². The number of nitrogens with one attached hydrogen (secondary N) is 2. The van der Waals surface area contributed by atoms with E-state index in [2.05, 4.69) is 36.1 Å². The van der Waals surface area contributed by atoms with Crippen molar-refractivity contribution in [3.05, 3.63) is 65.3 Å². The largest absolute Gasteiger partial charge is 0.350 e. The molecule has 9 heteroatoms. The van der Waals surface area contributed by atoms with E-state index >= 15 is 0 Å². The lowest BCUT2D eigenvalue weighted by Crippen LogP contribution is -2.06. The van der Waals surface area contributed by atoms with E-state index in [4.69, 9.17) is 11.6 Å². The van der Waals surface area contributed by atoms with E-state index in [1.165, 1.54) is 0 Å². The fraction of sp³-hybridized carbons (Fsp3) is 0.0556. The molecule has 0 aliphatic carbocycles. The van der Waals surface area contributed by atoms with Crippen LogP contribution >= 0.6 is 11.6 Å². The van der Waals surface area contributed by atoms with E-state index < -0.39 is 0 Å². The van der Waals surface area contributed by atoms with Crippen LogP contribution in [0.5, 0.6) is 0 Å². The maximum atomic E-state index is 6.03. The van der Waals surface area contributed by atoms with Crippen LogP contribution in [0.4, 0.5) is 17.5 Å². The summed E-state index contributed by atoms with van der Waals surface area (Å²) in [5, 5.41) is 19.3. The number of fused-ring (bicyclic) bond motifs is 5. The van der Waals surface area contributed by atoms with Gasteiger partial charge < -0.3 is 10.6 Å². The topological polar surface area (TPSA) is 93.4 Å². The van der Waals surface area contributed by atoms with Crippen molar-refractivity contribution in [3.8, 4) is 17.1 Å². The second-order valence-electron chi connectivity index (χ2n) is 6.00. The van der Waals surface area contributed by atoms with Gasteiger partial charge in [0, 0.05) is 17.8 Å². The van der Waals surface area contributed by atoms with Gasteiger partial charge in [-0.15, -0.1) is 5.10 Å². The molecule has 0 spiro atoms. The molecule has 8 nitrogen and oxygen atoms in total. The normalized spacial score (nSPS) is 11.6. The number of anilines is 3. The van der Waals surface area contributed by atoms with Crippen LogP contribution in [0.3, 0.4) is 0 Å². The summed E-state index contributed by atoms with van der Waals surface area (Å²) >= 11 is 6.03. The molecule has 1 aliphatic rings. The zero-order valence-electron chi connectivity index (χ0n) is 14.0. The summed E-state index contributed by atoms with van der Waals surface area (Å²) in [7, 11) is 0. The maximum absolute atomic E-state index is 6.03. The summed E-state index contributed by atoms with van der Waals surface area (Å²) in [6.45, 7) is 0.563. The van der Waals surface area contributed by atoms with E-state index in [-0.39, 0.29) is 0 Å². The zero-order chi connectivity index (χ0) is 18.2. The summed E-state index contributed by atoms with van der Waals surface area (Å²) in [5.74, 6) is 1.73. The van der Waals surface area contributed by atoms with E-state index in [0.717, 1.165) is 22.5 Å². The molecule has 2 N–H and O–H groups in total. The minimum atomic E-state index is 0.500. The summed E-state index contributed by atoms with van der Waals surface area (Å²) in [5.41, 5.74) is 3.49. The molecule has 2 aromatic carbocycles. The molecule has 132 valence electrons. The van der Waals surface area contributed by atoms with Gasteiger partial charge in [-0.2, -0.15) is 9.67 Å². The Morgan fingerprint density at radius 1 is 1.11 bits per heavy atom. The van der Waals surface area contributed by atoms with E-state index in [1.54, 1.807) is 10.9 Å². The molecular formula is C18H13ClN8. The predicted molar refractivity (Wildman–Crippen MR) is 102 cm³/mol. The first-order valence-corrected chi connectivity index (χ1v) is 8.66. The zero-order valence-corrected chi connectivity index (χ0v) is 14.7. The monoisotopic (exact) mass is 376 g/mol. The lowest BCUT2D eigenvalue weighted by Gasteiger charge is -2.10. The Morgan fingerprint density at radius 2 is 2.04 bits per heavy atom. The summed E-state index contributed by atoms with van der Waals surface area (Å²) in [6, 6.07) is 15.4. The first-order chi connectivity index (χ1) is 13.3. The molecule has 2 aromatic heterocycles. The molecule has 4 aromatic rings. The highest BCUT2D eigenvalue weighted by Gasteiger charge is 2.23. The van der Waals surface area contributed by atoms with Crippen molar-refractivity contribution in [1.82, 2.24) is 30.2 Å². The van der Waals surface area contributed by atoms with Gasteiger partial charge in [0.05, 0.1) is 16.9 Å². The molecule has 0 fully saturated rings. The SMILES string of the molecule is Clc1cccc(CNc2ncc3c(n2)Nc2ccccc2-n2nnnc2-3)c1. The van der Waals surface area contributed by atoms with Crippen LogP contribution in [0.15, 0.2) is 54.7 Å². The summed E-state index contributed by atoms with van der Waals surface area (Å²) in [4.78, 5) is 9.02. The van der Waals surface area contributed by atoms with Crippen LogP contribution < -0.4 is 10.6 Å². The van der Waals surface area contributed by atoms with E-state index in [1.807, 2.05) is 48.5 Å². The number of tetrazole rings is 1. The Morgan fingerprint density at radius 3 is 2.96 bits per heavy atom. The fourth-order valence-electron chi connectivity index (χ4n) is 2.96. The van der Waals surface area contributed by atoms with Gasteiger partial charge in [-0.05, 0) is 40.3 Å². The third-order valence-corrected chi connectivity index (χ3v) is 4.46. The molecule has 0 unspecified atom stereocenters. The Labute approximate surface area is 159 Å².